The third-order valence-corrected chi connectivity index (χ3v) is 5.79. The van der Waals surface area contributed by atoms with Crippen LogP contribution in [0.15, 0.2) is 29.5 Å². The second kappa shape index (κ2) is 11.2. The number of hydrogen-bond donors (Lipinski definition) is 2. The third-order valence-electron chi connectivity index (χ3n) is 5.79. The van der Waals surface area contributed by atoms with Gasteiger partial charge in [0, 0.05) is 19.7 Å². The van der Waals surface area contributed by atoms with Crippen molar-refractivity contribution >= 4 is 28.8 Å². The van der Waals surface area contributed by atoms with E-state index in [0.717, 1.165) is 36.3 Å². The van der Waals surface area contributed by atoms with Crippen LogP contribution in [0.5, 0.6) is 5.75 Å². The first-order valence-electron chi connectivity index (χ1n) is 11.6. The molecule has 0 aliphatic carbocycles. The highest BCUT2D eigenvalue weighted by atomic mass is 16.5. The number of aromatic nitrogens is 2. The highest BCUT2D eigenvalue weighted by Crippen LogP contribution is 2.34. The Bertz CT molecular complexity index is 998. The van der Waals surface area contributed by atoms with Gasteiger partial charge in [0.1, 0.15) is 23.5 Å². The zero-order valence-corrected chi connectivity index (χ0v) is 20.3. The first-order chi connectivity index (χ1) is 15.8. The van der Waals surface area contributed by atoms with Crippen LogP contribution in [0.2, 0.25) is 0 Å². The Kier molecular flexibility index (Phi) is 8.38. The van der Waals surface area contributed by atoms with Gasteiger partial charge < -0.3 is 20.1 Å². The number of benzene rings is 1. The minimum Gasteiger partial charge on any atom is -0.489 e. The van der Waals surface area contributed by atoms with Crippen LogP contribution in [0.3, 0.4) is 0 Å². The Labute approximate surface area is 196 Å². The van der Waals surface area contributed by atoms with Gasteiger partial charge in [0.05, 0.1) is 17.5 Å². The van der Waals surface area contributed by atoms with E-state index in [9.17, 15) is 4.79 Å². The number of piperidine rings is 1. The summed E-state index contributed by atoms with van der Waals surface area (Å²) >= 11 is 0. The molecule has 1 aliphatic heterocycles. The van der Waals surface area contributed by atoms with E-state index in [1.165, 1.54) is 6.33 Å². The molecule has 8 heteroatoms. The van der Waals surface area contributed by atoms with E-state index in [4.69, 9.17) is 9.84 Å². The number of nitrogens with one attached hydrogen (secondary N) is 1. The number of aliphatic hydroxyl groups excluding tert-OH is 1. The molecule has 1 aliphatic rings. The van der Waals surface area contributed by atoms with E-state index < -0.39 is 0 Å². The van der Waals surface area contributed by atoms with Crippen LogP contribution in [0.25, 0.3) is 0 Å². The molecule has 2 aromatic rings. The molecule has 0 bridgehead atoms. The Balaban J connectivity index is 1.83. The van der Waals surface area contributed by atoms with Crippen molar-refractivity contribution in [3.8, 4) is 5.75 Å². The zero-order valence-electron chi connectivity index (χ0n) is 20.3. The van der Waals surface area contributed by atoms with Crippen LogP contribution in [0.1, 0.15) is 51.3 Å². The fourth-order valence-electron chi connectivity index (χ4n) is 3.96. The number of amides is 1. The molecule has 0 spiro atoms. The van der Waals surface area contributed by atoms with Gasteiger partial charge in [-0.1, -0.05) is 6.07 Å². The van der Waals surface area contributed by atoms with Gasteiger partial charge in [0.2, 0.25) is 0 Å². The zero-order chi connectivity index (χ0) is 24.0. The molecule has 3 rings (SSSR count). The lowest BCUT2D eigenvalue weighted by atomic mass is 9.94. The lowest BCUT2D eigenvalue weighted by molar-refractivity contribution is -0.125. The quantitative estimate of drug-likeness (QED) is 0.577. The largest absolute Gasteiger partial charge is 0.489 e. The molecule has 178 valence electrons. The lowest BCUT2D eigenvalue weighted by Gasteiger charge is -2.31. The molecule has 33 heavy (non-hydrogen) atoms. The van der Waals surface area contributed by atoms with Crippen molar-refractivity contribution in [1.29, 1.82) is 0 Å². The van der Waals surface area contributed by atoms with Crippen LogP contribution >= 0.6 is 0 Å². The molecule has 1 aromatic carbocycles. The number of likely N-dealkylation sites (tertiary alicyclic amines) is 1. The number of carbonyl (C=O) groups is 1. The number of rotatable bonds is 8. The first kappa shape index (κ1) is 24.6. The number of anilines is 2. The maximum Gasteiger partial charge on any atom is 0.267 e. The molecule has 1 aromatic heterocycles. The Hall–Kier alpha value is -3.00. The van der Waals surface area contributed by atoms with Gasteiger partial charge in [-0.25, -0.2) is 15.0 Å². The topological polar surface area (TPSA) is 99.9 Å². The third kappa shape index (κ3) is 6.51. The Morgan fingerprint density at radius 3 is 2.67 bits per heavy atom. The summed E-state index contributed by atoms with van der Waals surface area (Å²) in [5, 5.41) is 12.5. The van der Waals surface area contributed by atoms with Crippen molar-refractivity contribution in [3.05, 3.63) is 35.8 Å². The first-order valence-corrected chi connectivity index (χ1v) is 11.6. The fourth-order valence-corrected chi connectivity index (χ4v) is 3.96. The second-order valence-corrected chi connectivity index (χ2v) is 8.89. The van der Waals surface area contributed by atoms with Crippen LogP contribution in [0, 0.1) is 19.8 Å². The molecule has 0 atom stereocenters. The molecule has 0 unspecified atom stereocenters. The molecule has 1 saturated heterocycles. The molecule has 2 heterocycles. The van der Waals surface area contributed by atoms with Crippen molar-refractivity contribution in [1.82, 2.24) is 14.9 Å². The van der Waals surface area contributed by atoms with Crippen LogP contribution in [-0.2, 0) is 4.79 Å². The average Bonchev–Trinajstić information content (AvgIpc) is 2.77. The van der Waals surface area contributed by atoms with Gasteiger partial charge in [0.15, 0.2) is 5.82 Å². The van der Waals surface area contributed by atoms with Crippen molar-refractivity contribution in [2.45, 2.75) is 60.0 Å². The van der Waals surface area contributed by atoms with Gasteiger partial charge in [-0.05, 0) is 77.5 Å². The number of aliphatic imine (C=N–C) groups is 1. The summed E-state index contributed by atoms with van der Waals surface area (Å²) in [6.07, 6.45) is 4.12. The number of aryl methyl sites for hydroxylation is 2. The molecular formula is C25H35N5O3. The summed E-state index contributed by atoms with van der Waals surface area (Å²) in [7, 11) is 0. The van der Waals surface area contributed by atoms with E-state index in [0.29, 0.717) is 41.9 Å². The van der Waals surface area contributed by atoms with Gasteiger partial charge in [-0.2, -0.15) is 0 Å². The van der Waals surface area contributed by atoms with E-state index in [-0.39, 0.29) is 18.6 Å². The molecule has 2 N–H and O–H groups in total. The normalized spacial score (nSPS) is 15.1. The number of hydrogen-bond acceptors (Lipinski definition) is 7. The highest BCUT2D eigenvalue weighted by molar-refractivity contribution is 6.38. The average molecular weight is 454 g/mol. The Morgan fingerprint density at radius 2 is 2.00 bits per heavy atom. The molecule has 1 amide bonds. The van der Waals surface area contributed by atoms with Crippen LogP contribution in [0.4, 0.5) is 17.2 Å². The summed E-state index contributed by atoms with van der Waals surface area (Å²) in [5.41, 5.74) is 3.49. The maximum atomic E-state index is 13.0. The molecule has 0 radical (unpaired) electrons. The summed E-state index contributed by atoms with van der Waals surface area (Å²) in [4.78, 5) is 28.2. The van der Waals surface area contributed by atoms with Gasteiger partial charge in [0.25, 0.3) is 5.91 Å². The number of nitrogens with zero attached hydrogens (tertiary/aromatic N) is 4. The summed E-state index contributed by atoms with van der Waals surface area (Å²) < 4.78 is 5.97. The standard InChI is InChI=1S/C25H35N5O3/c1-16(2)33-22-14-17(3)6-7-21(22)29-24-23(18(4)26-15-27-24)28-19(5)25(32)30-11-8-20(9-12-30)10-13-31/h6-7,14-16,20,31H,8-13H2,1-5H3,(H,26,27,29). The van der Waals surface area contributed by atoms with Gasteiger partial charge >= 0.3 is 0 Å². The number of carbonyl (C=O) groups excluding carboxylic acids is 1. The van der Waals surface area contributed by atoms with E-state index in [1.54, 1.807) is 6.92 Å². The maximum absolute atomic E-state index is 13.0. The summed E-state index contributed by atoms with van der Waals surface area (Å²) in [6.45, 7) is 11.1. The SMILES string of the molecule is CC(=Nc1c(C)ncnc1Nc1ccc(C)cc1OC(C)C)C(=O)N1CCC(CCO)CC1. The Morgan fingerprint density at radius 1 is 1.27 bits per heavy atom. The monoisotopic (exact) mass is 453 g/mol. The summed E-state index contributed by atoms with van der Waals surface area (Å²) in [5.74, 6) is 1.66. The van der Waals surface area contributed by atoms with Gasteiger partial charge in [-0.15, -0.1) is 0 Å². The minimum atomic E-state index is -0.0779. The fraction of sp³-hybridized carbons (Fsp3) is 0.520. The molecule has 1 fully saturated rings. The van der Waals surface area contributed by atoms with E-state index in [1.807, 2.05) is 50.8 Å². The van der Waals surface area contributed by atoms with Gasteiger partial charge in [-0.3, -0.25) is 4.79 Å². The highest BCUT2D eigenvalue weighted by Gasteiger charge is 2.24. The predicted molar refractivity (Wildman–Crippen MR) is 131 cm³/mol. The van der Waals surface area contributed by atoms with Crippen molar-refractivity contribution < 1.29 is 14.6 Å². The minimum absolute atomic E-state index is 0.0263. The molecular weight excluding hydrogens is 418 g/mol. The van der Waals surface area contributed by atoms with Crippen molar-refractivity contribution in [3.63, 3.8) is 0 Å². The van der Waals surface area contributed by atoms with Crippen LogP contribution < -0.4 is 10.1 Å². The van der Waals surface area contributed by atoms with Crippen molar-refractivity contribution in [2.24, 2.45) is 10.9 Å². The van der Waals surface area contributed by atoms with E-state index in [2.05, 4.69) is 20.3 Å². The summed E-state index contributed by atoms with van der Waals surface area (Å²) in [6, 6.07) is 5.93. The molecule has 0 saturated carbocycles. The smallest absolute Gasteiger partial charge is 0.267 e. The van der Waals surface area contributed by atoms with Crippen molar-refractivity contribution in [2.75, 3.05) is 25.0 Å². The lowest BCUT2D eigenvalue weighted by Crippen LogP contribution is -2.41. The molecule has 8 nitrogen and oxygen atoms in total. The number of ether oxygens (including phenoxy) is 1. The van der Waals surface area contributed by atoms with Crippen LogP contribution in [-0.4, -0.2) is 57.4 Å². The predicted octanol–water partition coefficient (Wildman–Crippen LogP) is 4.34. The second-order valence-electron chi connectivity index (χ2n) is 8.89. The van der Waals surface area contributed by atoms with E-state index >= 15 is 0 Å². The number of aliphatic hydroxyl groups is 1.